The topological polar surface area (TPSA) is 75.1 Å². The van der Waals surface area contributed by atoms with Gasteiger partial charge in [-0.15, -0.1) is 0 Å². The van der Waals surface area contributed by atoms with Gasteiger partial charge in [0.25, 0.3) is 0 Å². The number of nitrogens with zero attached hydrogens (tertiary/aromatic N) is 2. The molecule has 2 N–H and O–H groups in total. The maximum atomic E-state index is 11.4. The lowest BCUT2D eigenvalue weighted by molar-refractivity contribution is -0.141. The molecular formula is C10H11N3O2. The molecule has 1 spiro atoms. The Morgan fingerprint density at radius 1 is 1.53 bits per heavy atom. The summed E-state index contributed by atoms with van der Waals surface area (Å²) in [5, 5.41) is 12.5. The van der Waals surface area contributed by atoms with Crippen molar-refractivity contribution in [2.24, 2.45) is 5.41 Å². The average molecular weight is 205 g/mol. The third-order valence-corrected chi connectivity index (χ3v) is 3.69. The van der Waals surface area contributed by atoms with Crippen molar-refractivity contribution in [3.05, 3.63) is 24.3 Å². The first-order chi connectivity index (χ1) is 7.21. The smallest absolute Gasteiger partial charge is 0.316 e. The lowest BCUT2D eigenvalue weighted by Gasteiger charge is -2.31. The third kappa shape index (κ3) is 0.885. The summed E-state index contributed by atoms with van der Waals surface area (Å²) in [6, 6.07) is 1.71. The van der Waals surface area contributed by atoms with Crippen LogP contribution in [0.25, 0.3) is 0 Å². The van der Waals surface area contributed by atoms with Crippen LogP contribution < -0.4 is 5.32 Å². The number of aromatic nitrogens is 2. The molecule has 1 atom stereocenters. The highest BCUT2D eigenvalue weighted by molar-refractivity contribution is 5.87. The standard InChI is InChI=1S/C10H11N3O2/c14-8(15)10(3-9(10)4-12-5-9)7-1-2-11-6-13-7/h1-2,6,12H,3-5H2,(H,14,15). The summed E-state index contributed by atoms with van der Waals surface area (Å²) in [4.78, 5) is 19.3. The Morgan fingerprint density at radius 3 is 2.73 bits per heavy atom. The quantitative estimate of drug-likeness (QED) is 0.699. The van der Waals surface area contributed by atoms with E-state index < -0.39 is 11.4 Å². The minimum Gasteiger partial charge on any atom is -0.481 e. The molecule has 1 aromatic rings. The van der Waals surface area contributed by atoms with Crippen LogP contribution in [-0.4, -0.2) is 34.1 Å². The molecular weight excluding hydrogens is 194 g/mol. The zero-order chi connectivity index (χ0) is 10.5. The second kappa shape index (κ2) is 2.55. The first-order valence-corrected chi connectivity index (χ1v) is 4.92. The van der Waals surface area contributed by atoms with Crippen LogP contribution >= 0.6 is 0 Å². The monoisotopic (exact) mass is 205 g/mol. The minimum absolute atomic E-state index is 0.0901. The highest BCUT2D eigenvalue weighted by atomic mass is 16.4. The lowest BCUT2D eigenvalue weighted by atomic mass is 9.85. The average Bonchev–Trinajstić information content (AvgIpc) is 2.90. The van der Waals surface area contributed by atoms with E-state index in [1.807, 2.05) is 0 Å². The van der Waals surface area contributed by atoms with Crippen molar-refractivity contribution >= 4 is 5.97 Å². The molecule has 1 aliphatic carbocycles. The molecule has 0 amide bonds. The van der Waals surface area contributed by atoms with E-state index in [-0.39, 0.29) is 5.41 Å². The molecule has 78 valence electrons. The number of rotatable bonds is 2. The van der Waals surface area contributed by atoms with Crippen molar-refractivity contribution in [2.45, 2.75) is 11.8 Å². The van der Waals surface area contributed by atoms with Gasteiger partial charge in [-0.2, -0.15) is 0 Å². The fourth-order valence-electron chi connectivity index (χ4n) is 2.63. The summed E-state index contributed by atoms with van der Waals surface area (Å²) in [5.41, 5.74) is -0.208. The number of nitrogens with one attached hydrogen (secondary N) is 1. The normalized spacial score (nSPS) is 30.9. The van der Waals surface area contributed by atoms with E-state index in [1.54, 1.807) is 12.3 Å². The van der Waals surface area contributed by atoms with Crippen LogP contribution in [0.4, 0.5) is 0 Å². The van der Waals surface area contributed by atoms with Crippen molar-refractivity contribution in [3.8, 4) is 0 Å². The van der Waals surface area contributed by atoms with Gasteiger partial charge >= 0.3 is 5.97 Å². The Kier molecular flexibility index (Phi) is 1.49. The molecule has 1 aliphatic heterocycles. The largest absolute Gasteiger partial charge is 0.481 e. The van der Waals surface area contributed by atoms with Gasteiger partial charge in [-0.05, 0) is 12.5 Å². The van der Waals surface area contributed by atoms with E-state index in [2.05, 4.69) is 15.3 Å². The van der Waals surface area contributed by atoms with Crippen LogP contribution in [0.3, 0.4) is 0 Å². The van der Waals surface area contributed by atoms with E-state index in [0.29, 0.717) is 12.1 Å². The minimum atomic E-state index is -0.763. The van der Waals surface area contributed by atoms with Crippen molar-refractivity contribution in [3.63, 3.8) is 0 Å². The first-order valence-electron chi connectivity index (χ1n) is 4.92. The van der Waals surface area contributed by atoms with Crippen LogP contribution in [0, 0.1) is 5.41 Å². The van der Waals surface area contributed by atoms with Crippen molar-refractivity contribution in [1.82, 2.24) is 15.3 Å². The third-order valence-electron chi connectivity index (χ3n) is 3.69. The summed E-state index contributed by atoms with van der Waals surface area (Å²) in [6.07, 6.45) is 3.71. The summed E-state index contributed by atoms with van der Waals surface area (Å²) in [6.45, 7) is 1.56. The number of carbonyl (C=O) groups is 1. The highest BCUT2D eigenvalue weighted by Gasteiger charge is 2.76. The molecule has 5 heteroatoms. The Labute approximate surface area is 86.6 Å². The van der Waals surface area contributed by atoms with Gasteiger partial charge in [0.1, 0.15) is 11.7 Å². The van der Waals surface area contributed by atoms with Gasteiger partial charge in [0.15, 0.2) is 0 Å². The molecule has 1 aromatic heterocycles. The second-order valence-corrected chi connectivity index (χ2v) is 4.37. The predicted octanol–water partition coefficient (Wildman–Crippen LogP) is -0.208. The maximum Gasteiger partial charge on any atom is 0.316 e. The lowest BCUT2D eigenvalue weighted by Crippen LogP contribution is -2.50. The van der Waals surface area contributed by atoms with Crippen LogP contribution in [0.2, 0.25) is 0 Å². The number of carboxylic acid groups (broad SMARTS) is 1. The number of hydrogen-bond acceptors (Lipinski definition) is 4. The van der Waals surface area contributed by atoms with Crippen molar-refractivity contribution in [2.75, 3.05) is 13.1 Å². The van der Waals surface area contributed by atoms with Crippen molar-refractivity contribution in [1.29, 1.82) is 0 Å². The van der Waals surface area contributed by atoms with Gasteiger partial charge < -0.3 is 10.4 Å². The van der Waals surface area contributed by atoms with Gasteiger partial charge in [0.05, 0.1) is 5.69 Å². The highest BCUT2D eigenvalue weighted by Crippen LogP contribution is 2.66. The van der Waals surface area contributed by atoms with E-state index >= 15 is 0 Å². The first kappa shape index (κ1) is 8.79. The van der Waals surface area contributed by atoms with Gasteiger partial charge in [0.2, 0.25) is 0 Å². The molecule has 2 heterocycles. The second-order valence-electron chi connectivity index (χ2n) is 4.37. The molecule has 15 heavy (non-hydrogen) atoms. The number of aliphatic carboxylic acids is 1. The molecule has 3 rings (SSSR count). The molecule has 2 aliphatic rings. The molecule has 0 aromatic carbocycles. The van der Waals surface area contributed by atoms with Gasteiger partial charge in [-0.1, -0.05) is 0 Å². The molecule has 1 saturated carbocycles. The fourth-order valence-corrected chi connectivity index (χ4v) is 2.63. The zero-order valence-electron chi connectivity index (χ0n) is 8.10. The molecule has 1 unspecified atom stereocenters. The molecule has 0 bridgehead atoms. The summed E-state index contributed by atoms with van der Waals surface area (Å²) >= 11 is 0. The van der Waals surface area contributed by atoms with Gasteiger partial charge in [0, 0.05) is 24.7 Å². The van der Waals surface area contributed by atoms with Crippen LogP contribution in [0.1, 0.15) is 12.1 Å². The SMILES string of the molecule is O=C(O)C1(c2ccncn2)CC12CNC2. The van der Waals surface area contributed by atoms with E-state index in [0.717, 1.165) is 13.1 Å². The number of hydrogen-bond donors (Lipinski definition) is 2. The van der Waals surface area contributed by atoms with Crippen LogP contribution in [0.15, 0.2) is 18.6 Å². The van der Waals surface area contributed by atoms with E-state index in [9.17, 15) is 9.90 Å². The van der Waals surface area contributed by atoms with E-state index in [4.69, 9.17) is 0 Å². The van der Waals surface area contributed by atoms with Gasteiger partial charge in [-0.3, -0.25) is 4.79 Å². The van der Waals surface area contributed by atoms with Gasteiger partial charge in [-0.25, -0.2) is 9.97 Å². The summed E-state index contributed by atoms with van der Waals surface area (Å²) in [5.74, 6) is -0.761. The molecule has 1 saturated heterocycles. The predicted molar refractivity (Wildman–Crippen MR) is 51.3 cm³/mol. The Hall–Kier alpha value is -1.49. The molecule has 2 fully saturated rings. The summed E-state index contributed by atoms with van der Waals surface area (Å²) in [7, 11) is 0. The molecule has 0 radical (unpaired) electrons. The summed E-state index contributed by atoms with van der Waals surface area (Å²) < 4.78 is 0. The van der Waals surface area contributed by atoms with E-state index in [1.165, 1.54) is 6.33 Å². The maximum absolute atomic E-state index is 11.4. The van der Waals surface area contributed by atoms with Crippen LogP contribution in [0.5, 0.6) is 0 Å². The molecule has 5 nitrogen and oxygen atoms in total. The Balaban J connectivity index is 2.05. The van der Waals surface area contributed by atoms with Crippen LogP contribution in [-0.2, 0) is 10.2 Å². The van der Waals surface area contributed by atoms with Crippen molar-refractivity contribution < 1.29 is 9.90 Å². The fraction of sp³-hybridized carbons (Fsp3) is 0.500. The number of carboxylic acids is 1. The zero-order valence-corrected chi connectivity index (χ0v) is 8.10. The Morgan fingerprint density at radius 2 is 2.33 bits per heavy atom. The Bertz CT molecular complexity index is 416.